The molecule has 87 valence electrons. The number of aliphatic hydroxyl groups is 2. The van der Waals surface area contributed by atoms with E-state index in [2.05, 4.69) is 0 Å². The highest BCUT2D eigenvalue weighted by molar-refractivity contribution is 7.27. The Labute approximate surface area is 104 Å². The molecule has 1 rings (SSSR count). The lowest BCUT2D eigenvalue weighted by Crippen LogP contribution is -2.44. The zero-order valence-corrected chi connectivity index (χ0v) is 11.4. The molecule has 1 heterocycles. The molecule has 0 bridgehead atoms. The quantitative estimate of drug-likeness (QED) is 0.733. The summed E-state index contributed by atoms with van der Waals surface area (Å²) in [6, 6.07) is 3.93. The van der Waals surface area contributed by atoms with Crippen LogP contribution in [0.15, 0.2) is 12.1 Å². The second kappa shape index (κ2) is 5.89. The number of thiophene rings is 1. The maximum Gasteiger partial charge on any atom is 0.162 e. The zero-order chi connectivity index (χ0) is 13.0. The van der Waals surface area contributed by atoms with Crippen LogP contribution in [-0.2, 0) is 0 Å². The van der Waals surface area contributed by atoms with Gasteiger partial charge in [0.2, 0.25) is 0 Å². The third kappa shape index (κ3) is 5.73. The van der Waals surface area contributed by atoms with Gasteiger partial charge in [-0.3, -0.25) is 0 Å². The van der Waals surface area contributed by atoms with Crippen molar-refractivity contribution in [2.24, 2.45) is 0 Å². The number of hydrogen-bond acceptors (Lipinski definition) is 3. The molecule has 0 spiro atoms. The van der Waals surface area contributed by atoms with Crippen LogP contribution in [0.2, 0.25) is 6.82 Å². The van der Waals surface area contributed by atoms with E-state index in [1.54, 1.807) is 39.0 Å². The molecule has 2 N–H and O–H groups in total. The topological polar surface area (TPSA) is 40.5 Å². The fourth-order valence-electron chi connectivity index (χ4n) is 0.524. The Kier molecular flexibility index (Phi) is 5.80. The highest BCUT2D eigenvalue weighted by Crippen LogP contribution is 2.19. The molecular weight excluding hydrogens is 218 g/mol. The minimum atomic E-state index is -1.01. The van der Waals surface area contributed by atoms with Gasteiger partial charge >= 0.3 is 0 Å². The van der Waals surface area contributed by atoms with E-state index < -0.39 is 11.2 Å². The highest BCUT2D eigenvalue weighted by Gasteiger charge is 2.31. The second-order valence-corrected chi connectivity index (χ2v) is 5.79. The Hall–Kier alpha value is -0.250. The lowest BCUT2D eigenvalue weighted by molar-refractivity contribution is -0.107. The normalized spacial score (nSPS) is 11.7. The molecule has 0 aliphatic rings. The maximum absolute atomic E-state index is 9.10. The monoisotopic (exact) mass is 237 g/mol. The molecule has 5 heteroatoms. The molecule has 2 nitrogen and oxygen atoms in total. The van der Waals surface area contributed by atoms with Crippen LogP contribution in [-0.4, -0.2) is 36.5 Å². The molecule has 0 saturated heterocycles. The minimum absolute atomic E-state index is 0.887. The van der Waals surface area contributed by atoms with Crippen LogP contribution in [0.3, 0.4) is 0 Å². The van der Waals surface area contributed by atoms with Gasteiger partial charge in [0.05, 0.1) is 11.2 Å². The first-order chi connectivity index (χ1) is 7.08. The van der Waals surface area contributed by atoms with E-state index in [-0.39, 0.29) is 0 Å². The van der Waals surface area contributed by atoms with Crippen molar-refractivity contribution in [2.75, 3.05) is 0 Å². The van der Waals surface area contributed by atoms with E-state index in [1.807, 2.05) is 26.2 Å². The summed E-state index contributed by atoms with van der Waals surface area (Å²) in [5, 5.41) is 18.2. The van der Waals surface area contributed by atoms with Crippen LogP contribution >= 0.6 is 11.3 Å². The van der Waals surface area contributed by atoms with Crippen molar-refractivity contribution in [3.8, 4) is 0 Å². The van der Waals surface area contributed by atoms with Crippen LogP contribution in [0, 0.1) is 0 Å². The summed E-state index contributed by atoms with van der Waals surface area (Å²) in [5.41, 5.74) is -2.01. The van der Waals surface area contributed by atoms with E-state index in [0.717, 1.165) is 4.78 Å². The van der Waals surface area contributed by atoms with Gasteiger partial charge in [-0.15, -0.1) is 0 Å². The van der Waals surface area contributed by atoms with Crippen LogP contribution in [0.25, 0.3) is 0 Å². The molecule has 0 atom stereocenters. The first-order valence-electron chi connectivity index (χ1n) is 5.17. The lowest BCUT2D eigenvalue weighted by atomic mass is 9.81. The first-order valence-corrected chi connectivity index (χ1v) is 5.99. The first kappa shape index (κ1) is 15.7. The van der Waals surface area contributed by atoms with Crippen molar-refractivity contribution in [3.63, 3.8) is 0 Å². The summed E-state index contributed by atoms with van der Waals surface area (Å²) in [7, 11) is 7.50. The van der Waals surface area contributed by atoms with Gasteiger partial charge in [0.1, 0.15) is 7.85 Å². The molecule has 1 aromatic rings. The number of hydrogen-bond donors (Lipinski definition) is 2. The van der Waals surface area contributed by atoms with Crippen LogP contribution in [0.1, 0.15) is 27.7 Å². The maximum atomic E-state index is 9.10. The van der Waals surface area contributed by atoms with Crippen molar-refractivity contribution < 1.29 is 10.2 Å². The SMILES string of the molecule is CC(C)(O)C(C)(C)O.[B]c1ccc([B]C)s1. The van der Waals surface area contributed by atoms with E-state index in [1.165, 1.54) is 4.78 Å². The van der Waals surface area contributed by atoms with Crippen molar-refractivity contribution in [1.82, 2.24) is 0 Å². The molecule has 0 amide bonds. The summed E-state index contributed by atoms with van der Waals surface area (Å²) < 4.78 is 2.13. The van der Waals surface area contributed by atoms with Crippen LogP contribution in [0.5, 0.6) is 0 Å². The zero-order valence-electron chi connectivity index (χ0n) is 10.6. The smallest absolute Gasteiger partial charge is 0.162 e. The predicted molar refractivity (Wildman–Crippen MR) is 73.6 cm³/mol. The van der Waals surface area contributed by atoms with Gasteiger partial charge in [0, 0.05) is 0 Å². The molecule has 0 aliphatic heterocycles. The Morgan fingerprint density at radius 3 is 1.69 bits per heavy atom. The summed E-state index contributed by atoms with van der Waals surface area (Å²) in [4.78, 5) is 0. The van der Waals surface area contributed by atoms with Crippen molar-refractivity contribution >= 4 is 36.0 Å². The molecular formula is C11H19B2O2S. The van der Waals surface area contributed by atoms with Gasteiger partial charge in [0.15, 0.2) is 7.28 Å². The highest BCUT2D eigenvalue weighted by atomic mass is 32.1. The Balaban J connectivity index is 0.000000281. The standard InChI is InChI=1S/C6H14O2.C5H5B2S/c1-5(2,7)6(3,4)8;1-7-5-3-2-4(6)8-5/h7-8H,1-4H3;2-3H,1H3. The third-order valence-corrected chi connectivity index (χ3v) is 3.41. The average molecular weight is 237 g/mol. The van der Waals surface area contributed by atoms with Crippen LogP contribution < -0.4 is 9.55 Å². The van der Waals surface area contributed by atoms with Gasteiger partial charge in [-0.2, -0.15) is 11.3 Å². The average Bonchev–Trinajstić information content (AvgIpc) is 2.48. The van der Waals surface area contributed by atoms with E-state index in [9.17, 15) is 0 Å². The van der Waals surface area contributed by atoms with Gasteiger partial charge in [-0.05, 0) is 37.2 Å². The summed E-state index contributed by atoms with van der Waals surface area (Å²) in [6.45, 7) is 8.31. The molecule has 0 aliphatic carbocycles. The summed E-state index contributed by atoms with van der Waals surface area (Å²) in [5.74, 6) is 0. The van der Waals surface area contributed by atoms with Crippen LogP contribution in [0.4, 0.5) is 0 Å². The minimum Gasteiger partial charge on any atom is -0.387 e. The molecule has 0 fully saturated rings. The van der Waals surface area contributed by atoms with Crippen molar-refractivity contribution in [1.29, 1.82) is 0 Å². The Morgan fingerprint density at radius 2 is 1.56 bits per heavy atom. The predicted octanol–water partition coefficient (Wildman–Crippen LogP) is 0.448. The third-order valence-electron chi connectivity index (χ3n) is 2.43. The van der Waals surface area contributed by atoms with E-state index in [0.29, 0.717) is 0 Å². The molecule has 1 aromatic heterocycles. The molecule has 0 unspecified atom stereocenters. The van der Waals surface area contributed by atoms with Gasteiger partial charge in [0.25, 0.3) is 0 Å². The van der Waals surface area contributed by atoms with Crippen molar-refractivity contribution in [2.45, 2.75) is 45.7 Å². The summed E-state index contributed by atoms with van der Waals surface area (Å²) in [6.07, 6.45) is 0. The van der Waals surface area contributed by atoms with Gasteiger partial charge < -0.3 is 10.2 Å². The summed E-state index contributed by atoms with van der Waals surface area (Å²) >= 11 is 1.61. The second-order valence-electron chi connectivity index (χ2n) is 4.65. The van der Waals surface area contributed by atoms with E-state index >= 15 is 0 Å². The fraction of sp³-hybridized carbons (Fsp3) is 0.636. The molecule has 0 aromatic carbocycles. The van der Waals surface area contributed by atoms with Crippen molar-refractivity contribution in [3.05, 3.63) is 12.1 Å². The molecule has 3 radical (unpaired) electrons. The number of rotatable bonds is 2. The van der Waals surface area contributed by atoms with Gasteiger partial charge in [-0.25, -0.2) is 0 Å². The van der Waals surface area contributed by atoms with Gasteiger partial charge in [-0.1, -0.05) is 19.0 Å². The largest absolute Gasteiger partial charge is 0.387 e. The molecule has 16 heavy (non-hydrogen) atoms. The molecule has 0 saturated carbocycles. The Bertz CT molecular complexity index is 299. The van der Waals surface area contributed by atoms with E-state index in [4.69, 9.17) is 18.1 Å². The Morgan fingerprint density at radius 1 is 1.12 bits per heavy atom. The lowest BCUT2D eigenvalue weighted by Gasteiger charge is -2.31. The fourth-order valence-corrected chi connectivity index (χ4v) is 1.19.